The Labute approximate surface area is 142 Å². The summed E-state index contributed by atoms with van der Waals surface area (Å²) in [7, 11) is 0. The first-order valence-corrected chi connectivity index (χ1v) is 8.95. The standard InChI is InChI=1S/C21H22N2O/c1-3-7-16(8-4-1)21(17-9-5-2-6-10-17)14-24-20(23-21)19-15-11-12-18(13-15)22-19/h1-10,15,18-19,22H,11-14H2/t15-,18+,19-/m1/s1. The van der Waals surface area contributed by atoms with Crippen molar-refractivity contribution in [2.75, 3.05) is 6.61 Å². The summed E-state index contributed by atoms with van der Waals surface area (Å²) in [5.41, 5.74) is 1.99. The highest BCUT2D eigenvalue weighted by molar-refractivity contribution is 5.85. The van der Waals surface area contributed by atoms with Crippen LogP contribution in [0.5, 0.6) is 0 Å². The Morgan fingerprint density at radius 3 is 2.12 bits per heavy atom. The molecule has 0 aromatic heterocycles. The van der Waals surface area contributed by atoms with Gasteiger partial charge in [0.1, 0.15) is 12.1 Å². The molecule has 1 N–H and O–H groups in total. The normalized spacial score (nSPS) is 30.2. The lowest BCUT2D eigenvalue weighted by molar-refractivity contribution is 0.262. The SMILES string of the molecule is c1ccc(C2(c3ccccc3)COC([C@@H]3N[C@H]4CC[C@@H]3C4)=N2)cc1. The molecule has 3 nitrogen and oxygen atoms in total. The van der Waals surface area contributed by atoms with E-state index >= 15 is 0 Å². The molecule has 2 aromatic rings. The molecule has 1 saturated heterocycles. The summed E-state index contributed by atoms with van der Waals surface area (Å²) < 4.78 is 6.20. The van der Waals surface area contributed by atoms with Gasteiger partial charge in [0, 0.05) is 6.04 Å². The quantitative estimate of drug-likeness (QED) is 0.940. The smallest absolute Gasteiger partial charge is 0.202 e. The predicted molar refractivity (Wildman–Crippen MR) is 95.1 cm³/mol. The lowest BCUT2D eigenvalue weighted by atomic mass is 9.84. The molecule has 0 radical (unpaired) electrons. The first kappa shape index (κ1) is 14.2. The minimum atomic E-state index is -0.415. The van der Waals surface area contributed by atoms with Crippen LogP contribution in [0.15, 0.2) is 65.7 Å². The van der Waals surface area contributed by atoms with Crippen LogP contribution >= 0.6 is 0 Å². The van der Waals surface area contributed by atoms with Crippen molar-refractivity contribution in [1.82, 2.24) is 5.32 Å². The third-order valence-electron chi connectivity index (χ3n) is 5.86. The van der Waals surface area contributed by atoms with E-state index in [-0.39, 0.29) is 0 Å². The van der Waals surface area contributed by atoms with Gasteiger partial charge in [-0.25, -0.2) is 4.99 Å². The topological polar surface area (TPSA) is 33.6 Å². The number of nitrogens with zero attached hydrogens (tertiary/aromatic N) is 1. The van der Waals surface area contributed by atoms with E-state index in [0.29, 0.717) is 24.6 Å². The molecule has 122 valence electrons. The lowest BCUT2D eigenvalue weighted by Gasteiger charge is -2.25. The van der Waals surface area contributed by atoms with E-state index in [0.717, 1.165) is 5.90 Å². The van der Waals surface area contributed by atoms with Gasteiger partial charge in [-0.05, 0) is 36.3 Å². The Morgan fingerprint density at radius 2 is 1.58 bits per heavy atom. The summed E-state index contributed by atoms with van der Waals surface area (Å²) in [6.45, 7) is 0.589. The van der Waals surface area contributed by atoms with Crippen molar-refractivity contribution in [2.45, 2.75) is 36.9 Å². The number of aliphatic imine (C=N–C) groups is 1. The maximum Gasteiger partial charge on any atom is 0.202 e. The van der Waals surface area contributed by atoms with Crippen molar-refractivity contribution < 1.29 is 4.74 Å². The Kier molecular flexibility index (Phi) is 3.23. The fourth-order valence-electron chi connectivity index (χ4n) is 4.61. The molecule has 2 aliphatic heterocycles. The Bertz CT molecular complexity index is 716. The highest BCUT2D eigenvalue weighted by Crippen LogP contribution is 2.42. The monoisotopic (exact) mass is 318 g/mol. The van der Waals surface area contributed by atoms with E-state index in [2.05, 4.69) is 66.0 Å². The highest BCUT2D eigenvalue weighted by atomic mass is 16.5. The van der Waals surface area contributed by atoms with Gasteiger partial charge in [-0.15, -0.1) is 0 Å². The van der Waals surface area contributed by atoms with Crippen LogP contribution in [-0.4, -0.2) is 24.6 Å². The Balaban J connectivity index is 1.59. The number of nitrogens with one attached hydrogen (secondary N) is 1. The van der Waals surface area contributed by atoms with Gasteiger partial charge in [0.05, 0.1) is 6.04 Å². The second-order valence-corrected chi connectivity index (χ2v) is 7.25. The summed E-state index contributed by atoms with van der Waals surface area (Å²) in [4.78, 5) is 5.19. The van der Waals surface area contributed by atoms with Crippen molar-refractivity contribution in [2.24, 2.45) is 10.9 Å². The molecule has 0 spiro atoms. The number of hydrogen-bond acceptors (Lipinski definition) is 3. The largest absolute Gasteiger partial charge is 0.476 e. The molecule has 2 bridgehead atoms. The van der Waals surface area contributed by atoms with Crippen LogP contribution in [0.3, 0.4) is 0 Å². The minimum Gasteiger partial charge on any atom is -0.476 e. The first-order valence-electron chi connectivity index (χ1n) is 8.95. The molecule has 1 saturated carbocycles. The van der Waals surface area contributed by atoms with Crippen molar-refractivity contribution in [3.8, 4) is 0 Å². The van der Waals surface area contributed by atoms with Crippen LogP contribution in [0.2, 0.25) is 0 Å². The van der Waals surface area contributed by atoms with E-state index in [1.165, 1.54) is 30.4 Å². The molecule has 3 atom stereocenters. The number of piperidine rings is 1. The molecule has 0 amide bonds. The van der Waals surface area contributed by atoms with E-state index in [4.69, 9.17) is 9.73 Å². The van der Waals surface area contributed by atoms with Gasteiger partial charge in [0.15, 0.2) is 0 Å². The third-order valence-corrected chi connectivity index (χ3v) is 5.86. The van der Waals surface area contributed by atoms with Crippen LogP contribution in [0, 0.1) is 5.92 Å². The van der Waals surface area contributed by atoms with Crippen LogP contribution in [0.25, 0.3) is 0 Å². The summed E-state index contributed by atoms with van der Waals surface area (Å²) >= 11 is 0. The molecule has 3 aliphatic rings. The second-order valence-electron chi connectivity index (χ2n) is 7.25. The Hall–Kier alpha value is -2.13. The first-order chi connectivity index (χ1) is 11.9. The highest BCUT2D eigenvalue weighted by Gasteiger charge is 2.47. The van der Waals surface area contributed by atoms with E-state index in [1.807, 2.05) is 0 Å². The molecule has 2 heterocycles. The summed E-state index contributed by atoms with van der Waals surface area (Å²) in [6.07, 6.45) is 3.88. The molecular formula is C21H22N2O. The average Bonchev–Trinajstić information content (AvgIpc) is 3.39. The number of benzene rings is 2. The maximum absolute atomic E-state index is 6.20. The van der Waals surface area contributed by atoms with Crippen LogP contribution < -0.4 is 5.32 Å². The van der Waals surface area contributed by atoms with Gasteiger partial charge < -0.3 is 10.1 Å². The molecule has 2 aromatic carbocycles. The van der Waals surface area contributed by atoms with E-state index in [9.17, 15) is 0 Å². The number of hydrogen-bond donors (Lipinski definition) is 1. The zero-order chi connectivity index (χ0) is 16.0. The fraction of sp³-hybridized carbons (Fsp3) is 0.381. The van der Waals surface area contributed by atoms with Gasteiger partial charge in [0.25, 0.3) is 0 Å². The van der Waals surface area contributed by atoms with Crippen molar-refractivity contribution in [3.05, 3.63) is 71.8 Å². The van der Waals surface area contributed by atoms with Gasteiger partial charge in [-0.1, -0.05) is 60.7 Å². The van der Waals surface area contributed by atoms with Gasteiger partial charge in [0.2, 0.25) is 5.90 Å². The molecule has 24 heavy (non-hydrogen) atoms. The fourth-order valence-corrected chi connectivity index (χ4v) is 4.61. The summed E-state index contributed by atoms with van der Waals surface area (Å²) in [5.74, 6) is 1.60. The zero-order valence-electron chi connectivity index (χ0n) is 13.7. The maximum atomic E-state index is 6.20. The van der Waals surface area contributed by atoms with E-state index in [1.54, 1.807) is 0 Å². The van der Waals surface area contributed by atoms with E-state index < -0.39 is 5.54 Å². The molecule has 1 aliphatic carbocycles. The van der Waals surface area contributed by atoms with Crippen molar-refractivity contribution >= 4 is 5.90 Å². The van der Waals surface area contributed by atoms with Crippen LogP contribution in [-0.2, 0) is 10.3 Å². The summed E-state index contributed by atoms with van der Waals surface area (Å²) in [5, 5.41) is 3.72. The molecular weight excluding hydrogens is 296 g/mol. The van der Waals surface area contributed by atoms with Gasteiger partial charge in [-0.2, -0.15) is 0 Å². The molecule has 0 unspecified atom stereocenters. The Morgan fingerprint density at radius 1 is 0.917 bits per heavy atom. The van der Waals surface area contributed by atoms with Crippen LogP contribution in [0.1, 0.15) is 30.4 Å². The third kappa shape index (κ3) is 2.11. The lowest BCUT2D eigenvalue weighted by Crippen LogP contribution is -2.41. The molecule has 5 rings (SSSR count). The average molecular weight is 318 g/mol. The molecule has 3 heteroatoms. The predicted octanol–water partition coefficient (Wildman–Crippen LogP) is 3.50. The molecule has 2 fully saturated rings. The number of ether oxygens (including phenoxy) is 1. The number of fused-ring (bicyclic) bond motifs is 2. The minimum absolute atomic E-state index is 0.304. The van der Waals surface area contributed by atoms with Crippen molar-refractivity contribution in [1.29, 1.82) is 0 Å². The van der Waals surface area contributed by atoms with Crippen LogP contribution in [0.4, 0.5) is 0 Å². The van der Waals surface area contributed by atoms with Gasteiger partial charge in [-0.3, -0.25) is 0 Å². The summed E-state index contributed by atoms with van der Waals surface area (Å²) in [6, 6.07) is 22.1. The van der Waals surface area contributed by atoms with Gasteiger partial charge >= 0.3 is 0 Å². The van der Waals surface area contributed by atoms with Crippen molar-refractivity contribution in [3.63, 3.8) is 0 Å². The zero-order valence-corrected chi connectivity index (χ0v) is 13.7. The second kappa shape index (κ2) is 5.45. The number of rotatable bonds is 3.